The summed E-state index contributed by atoms with van der Waals surface area (Å²) in [6.07, 6.45) is -4.42. The molecule has 0 aliphatic rings. The van der Waals surface area contributed by atoms with Crippen molar-refractivity contribution in [3.05, 3.63) is 77.2 Å². The van der Waals surface area contributed by atoms with Crippen LogP contribution in [0.3, 0.4) is 0 Å². The number of nitrogens with zero attached hydrogens (tertiary/aromatic N) is 1. The highest BCUT2D eigenvalue weighted by atomic mass is 19.4. The van der Waals surface area contributed by atoms with Crippen LogP contribution in [0.1, 0.15) is 21.5 Å². The number of benzene rings is 2. The van der Waals surface area contributed by atoms with Crippen molar-refractivity contribution in [3.63, 3.8) is 0 Å². The Balaban J connectivity index is 1.67. The molecule has 3 rings (SSSR count). The van der Waals surface area contributed by atoms with Crippen LogP contribution < -0.4 is 15.8 Å². The highest BCUT2D eigenvalue weighted by Gasteiger charge is 2.30. The number of nitrogens with two attached hydrogens (primary N) is 1. The smallest absolute Gasteiger partial charge is 0.416 e. The molecule has 1 amide bonds. The third-order valence-electron chi connectivity index (χ3n) is 3.95. The summed E-state index contributed by atoms with van der Waals surface area (Å²) in [6.45, 7) is 1.46. The maximum atomic E-state index is 13.4. The summed E-state index contributed by atoms with van der Waals surface area (Å²) in [6, 6.07) is 11.7. The first-order valence-corrected chi connectivity index (χ1v) is 8.32. The number of alkyl halides is 3. The molecule has 0 bridgehead atoms. The molecule has 0 fully saturated rings. The zero-order valence-electron chi connectivity index (χ0n) is 15.0. The predicted molar refractivity (Wildman–Crippen MR) is 99.3 cm³/mol. The van der Waals surface area contributed by atoms with Gasteiger partial charge in [-0.05, 0) is 61.5 Å². The second kappa shape index (κ2) is 7.78. The fourth-order valence-electron chi connectivity index (χ4n) is 2.44. The van der Waals surface area contributed by atoms with Crippen LogP contribution in [0.25, 0.3) is 0 Å². The van der Waals surface area contributed by atoms with Gasteiger partial charge in [0, 0.05) is 11.3 Å². The van der Waals surface area contributed by atoms with Gasteiger partial charge in [-0.1, -0.05) is 0 Å². The first kappa shape index (κ1) is 20.1. The van der Waals surface area contributed by atoms with Gasteiger partial charge in [0.15, 0.2) is 0 Å². The minimum atomic E-state index is -4.42. The first-order valence-electron chi connectivity index (χ1n) is 8.32. The van der Waals surface area contributed by atoms with Crippen molar-refractivity contribution in [2.75, 3.05) is 11.1 Å². The standard InChI is InChI=1S/C20H15F4N3O2/c1-11-10-16(18(25)27-17(11)21)19(28)26-13-4-8-15(9-5-13)29-14-6-2-12(3-7-14)20(22,23)24/h2-10H,1H3,(H2,25,27)(H,26,28). The number of ether oxygens (including phenoxy) is 1. The fraction of sp³-hybridized carbons (Fsp3) is 0.100. The van der Waals surface area contributed by atoms with Crippen molar-refractivity contribution in [3.8, 4) is 11.5 Å². The molecule has 1 aromatic heterocycles. The number of hydrogen-bond acceptors (Lipinski definition) is 4. The molecule has 0 radical (unpaired) electrons. The quantitative estimate of drug-likeness (QED) is 0.464. The van der Waals surface area contributed by atoms with Gasteiger partial charge in [-0.2, -0.15) is 17.6 Å². The molecule has 5 nitrogen and oxygen atoms in total. The largest absolute Gasteiger partial charge is 0.457 e. The summed E-state index contributed by atoms with van der Waals surface area (Å²) in [5.74, 6) is -0.942. The molecule has 1 heterocycles. The van der Waals surface area contributed by atoms with Gasteiger partial charge >= 0.3 is 6.18 Å². The van der Waals surface area contributed by atoms with Crippen LogP contribution >= 0.6 is 0 Å². The number of nitrogens with one attached hydrogen (secondary N) is 1. The third-order valence-corrected chi connectivity index (χ3v) is 3.95. The molecule has 0 saturated carbocycles. The highest BCUT2D eigenvalue weighted by molar-refractivity contribution is 6.07. The number of halogens is 4. The van der Waals surface area contributed by atoms with Gasteiger partial charge in [-0.15, -0.1) is 0 Å². The molecule has 0 aliphatic heterocycles. The molecule has 0 unspecified atom stereocenters. The Morgan fingerprint density at radius 3 is 2.14 bits per heavy atom. The first-order chi connectivity index (χ1) is 13.6. The zero-order chi connectivity index (χ0) is 21.2. The van der Waals surface area contributed by atoms with E-state index in [2.05, 4.69) is 10.3 Å². The fourth-order valence-corrected chi connectivity index (χ4v) is 2.44. The highest BCUT2D eigenvalue weighted by Crippen LogP contribution is 2.31. The van der Waals surface area contributed by atoms with E-state index in [1.54, 1.807) is 0 Å². The second-order valence-electron chi connectivity index (χ2n) is 6.13. The zero-order valence-corrected chi connectivity index (χ0v) is 15.0. The molecular formula is C20H15F4N3O2. The molecule has 150 valence electrons. The van der Waals surface area contributed by atoms with E-state index in [0.717, 1.165) is 12.1 Å². The Bertz CT molecular complexity index is 1030. The van der Waals surface area contributed by atoms with E-state index in [-0.39, 0.29) is 22.7 Å². The van der Waals surface area contributed by atoms with Crippen LogP contribution in [0.15, 0.2) is 54.6 Å². The summed E-state index contributed by atoms with van der Waals surface area (Å²) in [5.41, 5.74) is 5.45. The van der Waals surface area contributed by atoms with Crippen molar-refractivity contribution in [2.45, 2.75) is 13.1 Å². The predicted octanol–water partition coefficient (Wildman–Crippen LogP) is 5.17. The lowest BCUT2D eigenvalue weighted by molar-refractivity contribution is -0.137. The molecule has 0 spiro atoms. The molecule has 0 saturated heterocycles. The number of pyridine rings is 1. The number of carbonyl (C=O) groups excluding carboxylic acids is 1. The van der Waals surface area contributed by atoms with Crippen molar-refractivity contribution in [1.29, 1.82) is 0 Å². The van der Waals surface area contributed by atoms with Crippen LogP contribution in [0, 0.1) is 12.9 Å². The monoisotopic (exact) mass is 405 g/mol. The third kappa shape index (κ3) is 4.81. The van der Waals surface area contributed by atoms with Crippen molar-refractivity contribution >= 4 is 17.4 Å². The van der Waals surface area contributed by atoms with Gasteiger partial charge in [0.1, 0.15) is 17.3 Å². The summed E-state index contributed by atoms with van der Waals surface area (Å²) >= 11 is 0. The van der Waals surface area contributed by atoms with Crippen LogP contribution in [0.2, 0.25) is 0 Å². The van der Waals surface area contributed by atoms with Crippen molar-refractivity contribution < 1.29 is 27.1 Å². The van der Waals surface area contributed by atoms with Gasteiger partial charge in [0.25, 0.3) is 5.91 Å². The lowest BCUT2D eigenvalue weighted by Gasteiger charge is -2.11. The number of amides is 1. The van der Waals surface area contributed by atoms with Gasteiger partial charge in [-0.3, -0.25) is 4.79 Å². The Morgan fingerprint density at radius 2 is 1.59 bits per heavy atom. The number of carbonyl (C=O) groups is 1. The number of anilines is 2. The Hall–Kier alpha value is -3.62. The van der Waals surface area contributed by atoms with Gasteiger partial charge in [0.2, 0.25) is 5.95 Å². The van der Waals surface area contributed by atoms with E-state index in [9.17, 15) is 22.4 Å². The van der Waals surface area contributed by atoms with E-state index in [0.29, 0.717) is 11.4 Å². The SMILES string of the molecule is Cc1cc(C(=O)Nc2ccc(Oc3ccc(C(F)(F)F)cc3)cc2)c(N)nc1F. The maximum absolute atomic E-state index is 13.4. The molecule has 2 aromatic carbocycles. The number of nitrogen functional groups attached to an aromatic ring is 1. The van der Waals surface area contributed by atoms with Crippen LogP contribution in [-0.2, 0) is 6.18 Å². The molecular weight excluding hydrogens is 390 g/mol. The summed E-state index contributed by atoms with van der Waals surface area (Å²) in [4.78, 5) is 15.8. The lowest BCUT2D eigenvalue weighted by Crippen LogP contribution is -2.16. The lowest BCUT2D eigenvalue weighted by atomic mass is 10.1. The minimum Gasteiger partial charge on any atom is -0.457 e. The molecule has 0 aliphatic carbocycles. The average Bonchev–Trinajstić information content (AvgIpc) is 2.66. The van der Waals surface area contributed by atoms with Crippen molar-refractivity contribution in [2.24, 2.45) is 0 Å². The van der Waals surface area contributed by atoms with E-state index in [1.807, 2.05) is 0 Å². The average molecular weight is 405 g/mol. The Labute approximate surface area is 163 Å². The molecule has 9 heteroatoms. The second-order valence-corrected chi connectivity index (χ2v) is 6.13. The summed E-state index contributed by atoms with van der Waals surface area (Å²) < 4.78 is 56.6. The molecule has 0 atom stereocenters. The molecule has 29 heavy (non-hydrogen) atoms. The van der Waals surface area contributed by atoms with E-state index in [1.165, 1.54) is 49.4 Å². The number of aromatic nitrogens is 1. The number of aryl methyl sites for hydroxylation is 1. The Kier molecular flexibility index (Phi) is 5.40. The van der Waals surface area contributed by atoms with Gasteiger partial charge in [0.05, 0.1) is 11.1 Å². The maximum Gasteiger partial charge on any atom is 0.416 e. The van der Waals surface area contributed by atoms with E-state index in [4.69, 9.17) is 10.5 Å². The number of hydrogen-bond donors (Lipinski definition) is 2. The van der Waals surface area contributed by atoms with E-state index >= 15 is 0 Å². The number of rotatable bonds is 4. The Morgan fingerprint density at radius 1 is 1.03 bits per heavy atom. The minimum absolute atomic E-state index is 0.0361. The molecule has 3 aromatic rings. The normalized spacial score (nSPS) is 11.2. The molecule has 3 N–H and O–H groups in total. The van der Waals surface area contributed by atoms with Crippen LogP contribution in [0.5, 0.6) is 11.5 Å². The van der Waals surface area contributed by atoms with Crippen LogP contribution in [-0.4, -0.2) is 10.9 Å². The summed E-state index contributed by atoms with van der Waals surface area (Å²) in [5, 5.41) is 2.60. The summed E-state index contributed by atoms with van der Waals surface area (Å²) in [7, 11) is 0. The van der Waals surface area contributed by atoms with Gasteiger partial charge in [-0.25, -0.2) is 4.98 Å². The van der Waals surface area contributed by atoms with E-state index < -0.39 is 23.6 Å². The topological polar surface area (TPSA) is 77.2 Å². The van der Waals surface area contributed by atoms with Crippen LogP contribution in [0.4, 0.5) is 29.1 Å². The van der Waals surface area contributed by atoms with Crippen molar-refractivity contribution in [1.82, 2.24) is 4.98 Å². The van der Waals surface area contributed by atoms with Gasteiger partial charge < -0.3 is 15.8 Å².